The van der Waals surface area contributed by atoms with E-state index in [0.717, 1.165) is 0 Å². The van der Waals surface area contributed by atoms with Crippen molar-refractivity contribution in [3.63, 3.8) is 0 Å². The van der Waals surface area contributed by atoms with Crippen molar-refractivity contribution in [3.8, 4) is 5.75 Å². The number of benzene rings is 1. The highest BCUT2D eigenvalue weighted by Gasteiger charge is 2.08. The Hall–Kier alpha value is -1.75. The number of nitrogen functional groups attached to an aromatic ring is 1. The summed E-state index contributed by atoms with van der Waals surface area (Å²) < 4.78 is 10.7. The predicted molar refractivity (Wildman–Crippen MR) is 75.1 cm³/mol. The zero-order valence-corrected chi connectivity index (χ0v) is 11.6. The summed E-state index contributed by atoms with van der Waals surface area (Å²) in [5.41, 5.74) is 6.29. The molecule has 19 heavy (non-hydrogen) atoms. The third kappa shape index (κ3) is 6.10. The summed E-state index contributed by atoms with van der Waals surface area (Å²) in [6, 6.07) is 7.17. The van der Waals surface area contributed by atoms with E-state index in [9.17, 15) is 4.79 Å². The molecule has 1 aromatic carbocycles. The number of anilines is 1. The maximum atomic E-state index is 11.8. The lowest BCUT2D eigenvalue weighted by Crippen LogP contribution is -2.31. The first-order valence-electron chi connectivity index (χ1n) is 6.43. The highest BCUT2D eigenvalue weighted by atomic mass is 16.5. The van der Waals surface area contributed by atoms with Crippen molar-refractivity contribution >= 4 is 11.6 Å². The van der Waals surface area contributed by atoms with Crippen LogP contribution in [-0.2, 0) is 9.53 Å². The zero-order valence-electron chi connectivity index (χ0n) is 11.6. The Morgan fingerprint density at radius 2 is 2.16 bits per heavy atom. The quantitative estimate of drug-likeness (QED) is 0.572. The van der Waals surface area contributed by atoms with Crippen molar-refractivity contribution in [2.45, 2.75) is 13.3 Å². The second kappa shape index (κ2) is 8.37. The number of likely N-dealkylation sites (N-methyl/N-ethyl adjacent to an activating group) is 1. The molecule has 0 heterocycles. The topological polar surface area (TPSA) is 64.8 Å². The first-order valence-corrected chi connectivity index (χ1v) is 6.43. The van der Waals surface area contributed by atoms with E-state index in [-0.39, 0.29) is 5.91 Å². The summed E-state index contributed by atoms with van der Waals surface area (Å²) >= 11 is 0. The number of carbonyl (C=O) groups excluding carboxylic acids is 1. The fraction of sp³-hybridized carbons (Fsp3) is 0.500. The van der Waals surface area contributed by atoms with Crippen LogP contribution in [-0.4, -0.2) is 44.2 Å². The predicted octanol–water partition coefficient (Wildman–Crippen LogP) is 1.53. The third-order valence-electron chi connectivity index (χ3n) is 2.64. The van der Waals surface area contributed by atoms with E-state index in [1.54, 1.807) is 24.1 Å². The minimum Gasteiger partial charge on any atom is -0.493 e. The van der Waals surface area contributed by atoms with Crippen LogP contribution in [0.5, 0.6) is 5.75 Å². The molecule has 0 unspecified atom stereocenters. The molecule has 106 valence electrons. The fourth-order valence-electron chi connectivity index (χ4n) is 1.52. The van der Waals surface area contributed by atoms with Gasteiger partial charge >= 0.3 is 0 Å². The second-order valence-electron chi connectivity index (χ2n) is 4.18. The highest BCUT2D eigenvalue weighted by molar-refractivity contribution is 5.75. The van der Waals surface area contributed by atoms with Crippen LogP contribution >= 0.6 is 0 Å². The Labute approximate surface area is 114 Å². The van der Waals surface area contributed by atoms with Gasteiger partial charge in [0.15, 0.2) is 0 Å². The lowest BCUT2D eigenvalue weighted by Gasteiger charge is -2.17. The minimum atomic E-state index is 0.0450. The molecule has 1 rings (SSSR count). The van der Waals surface area contributed by atoms with Gasteiger partial charge in [0.1, 0.15) is 5.75 Å². The average molecular weight is 266 g/mol. The molecule has 0 bridgehead atoms. The molecule has 0 aromatic heterocycles. The van der Waals surface area contributed by atoms with Crippen LogP contribution in [0.15, 0.2) is 24.3 Å². The lowest BCUT2D eigenvalue weighted by atomic mass is 10.3. The molecule has 0 aliphatic heterocycles. The molecule has 5 nitrogen and oxygen atoms in total. The van der Waals surface area contributed by atoms with Gasteiger partial charge in [0.25, 0.3) is 0 Å². The maximum Gasteiger partial charge on any atom is 0.225 e. The summed E-state index contributed by atoms with van der Waals surface area (Å²) in [6.45, 7) is 4.11. The van der Waals surface area contributed by atoms with E-state index in [4.69, 9.17) is 15.2 Å². The van der Waals surface area contributed by atoms with Crippen LogP contribution in [0.4, 0.5) is 5.69 Å². The van der Waals surface area contributed by atoms with Gasteiger partial charge in [0.05, 0.1) is 19.6 Å². The van der Waals surface area contributed by atoms with Gasteiger partial charge in [0.2, 0.25) is 5.91 Å². The first-order chi connectivity index (χ1) is 9.13. The number of ether oxygens (including phenoxy) is 2. The Morgan fingerprint density at radius 1 is 1.37 bits per heavy atom. The second-order valence-corrected chi connectivity index (χ2v) is 4.18. The summed E-state index contributed by atoms with van der Waals surface area (Å²) in [4.78, 5) is 13.4. The van der Waals surface area contributed by atoms with Crippen LogP contribution in [0.25, 0.3) is 0 Å². The largest absolute Gasteiger partial charge is 0.493 e. The number of amides is 1. The van der Waals surface area contributed by atoms with E-state index in [1.807, 2.05) is 19.1 Å². The molecule has 0 saturated carbocycles. The average Bonchev–Trinajstić information content (AvgIpc) is 2.39. The fourth-order valence-corrected chi connectivity index (χ4v) is 1.52. The van der Waals surface area contributed by atoms with Crippen LogP contribution in [0, 0.1) is 0 Å². The number of rotatable bonds is 8. The lowest BCUT2D eigenvalue weighted by molar-refractivity contribution is -0.131. The molecule has 0 fully saturated rings. The van der Waals surface area contributed by atoms with Crippen molar-refractivity contribution in [2.24, 2.45) is 0 Å². The van der Waals surface area contributed by atoms with Crippen LogP contribution in [0.3, 0.4) is 0 Å². The van der Waals surface area contributed by atoms with E-state index in [0.29, 0.717) is 44.2 Å². The molecule has 0 saturated heterocycles. The molecule has 0 radical (unpaired) electrons. The van der Waals surface area contributed by atoms with Crippen molar-refractivity contribution in [2.75, 3.05) is 39.1 Å². The van der Waals surface area contributed by atoms with Crippen molar-refractivity contribution < 1.29 is 14.3 Å². The summed E-state index contributed by atoms with van der Waals surface area (Å²) in [6.07, 6.45) is 0.345. The third-order valence-corrected chi connectivity index (χ3v) is 2.64. The molecule has 0 atom stereocenters. The van der Waals surface area contributed by atoms with Gasteiger partial charge in [0, 0.05) is 32.0 Å². The Morgan fingerprint density at radius 3 is 2.84 bits per heavy atom. The van der Waals surface area contributed by atoms with Crippen LogP contribution < -0.4 is 10.5 Å². The smallest absolute Gasteiger partial charge is 0.225 e. The van der Waals surface area contributed by atoms with Gasteiger partial charge in [-0.15, -0.1) is 0 Å². The van der Waals surface area contributed by atoms with E-state index < -0.39 is 0 Å². The number of hydrogen-bond donors (Lipinski definition) is 1. The highest BCUT2D eigenvalue weighted by Crippen LogP contribution is 2.14. The number of carbonyl (C=O) groups is 1. The number of nitrogens with two attached hydrogens (primary N) is 1. The first kappa shape index (κ1) is 15.3. The standard InChI is InChI=1S/C14H22N2O3/c1-3-18-10-8-16(2)14(17)7-9-19-13-6-4-5-12(15)11-13/h4-6,11H,3,7-10,15H2,1-2H3. The molecule has 2 N–H and O–H groups in total. The van der Waals surface area contributed by atoms with E-state index in [2.05, 4.69) is 0 Å². The Bertz CT molecular complexity index is 396. The molecule has 5 heteroatoms. The van der Waals surface area contributed by atoms with Gasteiger partial charge in [-0.05, 0) is 19.1 Å². The molecule has 0 aliphatic rings. The van der Waals surface area contributed by atoms with Crippen molar-refractivity contribution in [3.05, 3.63) is 24.3 Å². The summed E-state index contributed by atoms with van der Waals surface area (Å²) in [5, 5.41) is 0. The monoisotopic (exact) mass is 266 g/mol. The molecule has 0 aliphatic carbocycles. The number of hydrogen-bond acceptors (Lipinski definition) is 4. The van der Waals surface area contributed by atoms with Crippen molar-refractivity contribution in [1.29, 1.82) is 0 Å². The zero-order chi connectivity index (χ0) is 14.1. The molecular weight excluding hydrogens is 244 g/mol. The van der Waals surface area contributed by atoms with Crippen LogP contribution in [0.1, 0.15) is 13.3 Å². The van der Waals surface area contributed by atoms with E-state index in [1.165, 1.54) is 0 Å². The van der Waals surface area contributed by atoms with Gasteiger partial charge in [-0.2, -0.15) is 0 Å². The van der Waals surface area contributed by atoms with Gasteiger partial charge < -0.3 is 20.1 Å². The summed E-state index contributed by atoms with van der Waals surface area (Å²) in [5.74, 6) is 0.730. The Balaban J connectivity index is 2.23. The normalized spacial score (nSPS) is 10.2. The maximum absolute atomic E-state index is 11.8. The summed E-state index contributed by atoms with van der Waals surface area (Å²) in [7, 11) is 1.77. The SMILES string of the molecule is CCOCCN(C)C(=O)CCOc1cccc(N)c1. The van der Waals surface area contributed by atoms with Gasteiger partial charge in [-0.3, -0.25) is 4.79 Å². The van der Waals surface area contributed by atoms with Gasteiger partial charge in [-0.1, -0.05) is 6.07 Å². The number of nitrogens with zero attached hydrogens (tertiary/aromatic N) is 1. The molecule has 1 amide bonds. The van der Waals surface area contributed by atoms with E-state index >= 15 is 0 Å². The molecule has 0 spiro atoms. The minimum absolute atomic E-state index is 0.0450. The molecule has 1 aromatic rings. The van der Waals surface area contributed by atoms with Gasteiger partial charge in [-0.25, -0.2) is 0 Å². The Kier molecular flexibility index (Phi) is 6.74. The van der Waals surface area contributed by atoms with Crippen molar-refractivity contribution in [1.82, 2.24) is 4.90 Å². The van der Waals surface area contributed by atoms with Crippen LogP contribution in [0.2, 0.25) is 0 Å². The molecular formula is C14H22N2O3.